The number of nitrogens with zero attached hydrogens (tertiary/aromatic N) is 1. The van der Waals surface area contributed by atoms with Crippen LogP contribution in [0.2, 0.25) is 0 Å². The van der Waals surface area contributed by atoms with Gasteiger partial charge in [0.05, 0.1) is 6.04 Å². The molecule has 0 aliphatic carbocycles. The fourth-order valence-electron chi connectivity index (χ4n) is 0.716. The lowest BCUT2D eigenvalue weighted by Crippen LogP contribution is -2.42. The Hall–Kier alpha value is -0.380. The van der Waals surface area contributed by atoms with Gasteiger partial charge >= 0.3 is 0 Å². The third kappa shape index (κ3) is 3.61. The van der Waals surface area contributed by atoms with Gasteiger partial charge in [-0.15, -0.1) is 0 Å². The van der Waals surface area contributed by atoms with Crippen LogP contribution in [0.5, 0.6) is 0 Å². The molecule has 0 bridgehead atoms. The minimum atomic E-state index is 0.204. The van der Waals surface area contributed by atoms with Crippen LogP contribution < -0.4 is 11.3 Å². The Balaban J connectivity index is 3.72. The summed E-state index contributed by atoms with van der Waals surface area (Å²) in [5.74, 6) is 5.28. The maximum Gasteiger partial charge on any atom is 0.0541 e. The van der Waals surface area contributed by atoms with Crippen molar-refractivity contribution in [2.24, 2.45) is 5.84 Å². The van der Waals surface area contributed by atoms with E-state index in [0.717, 1.165) is 12.1 Å². The third-order valence-corrected chi connectivity index (χ3v) is 1.34. The summed E-state index contributed by atoms with van der Waals surface area (Å²) >= 11 is 0. The second-order valence-electron chi connectivity index (χ2n) is 2.83. The Bertz CT molecular complexity index is 109. The molecule has 0 heterocycles. The summed E-state index contributed by atoms with van der Waals surface area (Å²) in [7, 11) is 4.01. The number of hydrazine groups is 1. The van der Waals surface area contributed by atoms with E-state index in [1.54, 1.807) is 0 Å². The van der Waals surface area contributed by atoms with Gasteiger partial charge in [-0.3, -0.25) is 11.3 Å². The highest BCUT2D eigenvalue weighted by Crippen LogP contribution is 1.96. The molecule has 3 nitrogen and oxygen atoms in total. The molecule has 0 aliphatic rings. The van der Waals surface area contributed by atoms with Gasteiger partial charge < -0.3 is 4.90 Å². The quantitative estimate of drug-likeness (QED) is 0.329. The largest absolute Gasteiger partial charge is 0.307 e. The van der Waals surface area contributed by atoms with E-state index in [9.17, 15) is 0 Å². The molecule has 0 amide bonds. The molecular formula is C7H17N3. The van der Waals surface area contributed by atoms with Crippen LogP contribution in [0, 0.1) is 0 Å². The molecule has 0 radical (unpaired) electrons. The zero-order valence-electron chi connectivity index (χ0n) is 7.02. The van der Waals surface area contributed by atoms with Crippen molar-refractivity contribution in [1.29, 1.82) is 0 Å². The summed E-state index contributed by atoms with van der Waals surface area (Å²) in [6, 6.07) is 0.204. The fraction of sp³-hybridized carbons (Fsp3) is 0.714. The van der Waals surface area contributed by atoms with Crippen molar-refractivity contribution >= 4 is 0 Å². The Morgan fingerprint density at radius 1 is 1.70 bits per heavy atom. The number of nitrogens with two attached hydrogens (primary N) is 1. The van der Waals surface area contributed by atoms with Gasteiger partial charge in [0.1, 0.15) is 0 Å². The summed E-state index contributed by atoms with van der Waals surface area (Å²) < 4.78 is 0. The van der Waals surface area contributed by atoms with Crippen LogP contribution in [0.15, 0.2) is 12.2 Å². The molecule has 0 saturated carbocycles. The number of rotatable bonds is 4. The van der Waals surface area contributed by atoms with Crippen LogP contribution in [0.4, 0.5) is 0 Å². The molecule has 0 fully saturated rings. The van der Waals surface area contributed by atoms with E-state index < -0.39 is 0 Å². The van der Waals surface area contributed by atoms with Crippen LogP contribution >= 0.6 is 0 Å². The van der Waals surface area contributed by atoms with Gasteiger partial charge in [0.2, 0.25) is 0 Å². The van der Waals surface area contributed by atoms with E-state index in [1.807, 2.05) is 21.0 Å². The molecular weight excluding hydrogens is 126 g/mol. The molecule has 10 heavy (non-hydrogen) atoms. The lowest BCUT2D eigenvalue weighted by Gasteiger charge is -2.19. The van der Waals surface area contributed by atoms with Crippen molar-refractivity contribution in [2.75, 3.05) is 20.6 Å². The van der Waals surface area contributed by atoms with Crippen LogP contribution in [0.25, 0.3) is 0 Å². The predicted octanol–water partition coefficient (Wildman–Crippen LogP) is -0.0440. The van der Waals surface area contributed by atoms with Gasteiger partial charge in [-0.25, -0.2) is 0 Å². The van der Waals surface area contributed by atoms with Crippen molar-refractivity contribution in [3.63, 3.8) is 0 Å². The van der Waals surface area contributed by atoms with Crippen LogP contribution in [-0.4, -0.2) is 31.6 Å². The van der Waals surface area contributed by atoms with Gasteiger partial charge in [0, 0.05) is 6.54 Å². The van der Waals surface area contributed by atoms with Crippen molar-refractivity contribution < 1.29 is 0 Å². The lowest BCUT2D eigenvalue weighted by atomic mass is 10.1. The first-order valence-electron chi connectivity index (χ1n) is 3.34. The van der Waals surface area contributed by atoms with E-state index in [-0.39, 0.29) is 6.04 Å². The fourth-order valence-corrected chi connectivity index (χ4v) is 0.716. The minimum absolute atomic E-state index is 0.204. The third-order valence-electron chi connectivity index (χ3n) is 1.34. The van der Waals surface area contributed by atoms with Gasteiger partial charge in [0.25, 0.3) is 0 Å². The highest BCUT2D eigenvalue weighted by Gasteiger charge is 2.06. The highest BCUT2D eigenvalue weighted by atomic mass is 15.3. The predicted molar refractivity (Wildman–Crippen MR) is 44.5 cm³/mol. The summed E-state index contributed by atoms with van der Waals surface area (Å²) in [4.78, 5) is 2.07. The smallest absolute Gasteiger partial charge is 0.0541 e. The van der Waals surface area contributed by atoms with E-state index in [1.165, 1.54) is 0 Å². The van der Waals surface area contributed by atoms with E-state index in [0.29, 0.717) is 0 Å². The lowest BCUT2D eigenvalue weighted by molar-refractivity contribution is 0.362. The van der Waals surface area contributed by atoms with Crippen LogP contribution in [0.3, 0.4) is 0 Å². The second kappa shape index (κ2) is 4.44. The van der Waals surface area contributed by atoms with E-state index >= 15 is 0 Å². The standard InChI is InChI=1S/C7H17N3/c1-6(2)7(9-8)5-10(3)4/h7,9H,1,5,8H2,2-4H3. The Labute approximate surface area is 62.9 Å². The van der Waals surface area contributed by atoms with Crippen LogP contribution in [0.1, 0.15) is 6.92 Å². The Kier molecular flexibility index (Phi) is 4.27. The molecule has 3 heteroatoms. The summed E-state index contributed by atoms with van der Waals surface area (Å²) in [5.41, 5.74) is 3.76. The first-order valence-corrected chi connectivity index (χ1v) is 3.34. The topological polar surface area (TPSA) is 41.3 Å². The zero-order chi connectivity index (χ0) is 8.15. The van der Waals surface area contributed by atoms with Gasteiger partial charge in [-0.1, -0.05) is 12.2 Å². The first kappa shape index (κ1) is 9.62. The SMILES string of the molecule is C=C(C)C(CN(C)C)NN. The Morgan fingerprint density at radius 2 is 2.20 bits per heavy atom. The minimum Gasteiger partial charge on any atom is -0.307 e. The van der Waals surface area contributed by atoms with E-state index in [2.05, 4.69) is 16.9 Å². The normalized spacial score (nSPS) is 13.7. The molecule has 1 unspecified atom stereocenters. The molecule has 0 saturated heterocycles. The van der Waals surface area contributed by atoms with Gasteiger partial charge in [-0.2, -0.15) is 0 Å². The molecule has 0 aromatic carbocycles. The summed E-state index contributed by atoms with van der Waals surface area (Å²) in [6.45, 7) is 6.67. The van der Waals surface area contributed by atoms with Gasteiger partial charge in [0.15, 0.2) is 0 Å². The molecule has 0 aliphatic heterocycles. The Morgan fingerprint density at radius 3 is 2.30 bits per heavy atom. The van der Waals surface area contributed by atoms with Gasteiger partial charge in [-0.05, 0) is 21.0 Å². The van der Waals surface area contributed by atoms with Crippen LogP contribution in [-0.2, 0) is 0 Å². The molecule has 3 N–H and O–H groups in total. The molecule has 0 aromatic heterocycles. The van der Waals surface area contributed by atoms with Crippen molar-refractivity contribution in [1.82, 2.24) is 10.3 Å². The number of hydrogen-bond acceptors (Lipinski definition) is 3. The van der Waals surface area contributed by atoms with Crippen molar-refractivity contribution in [2.45, 2.75) is 13.0 Å². The second-order valence-corrected chi connectivity index (χ2v) is 2.83. The maximum atomic E-state index is 5.28. The average molecular weight is 143 g/mol. The number of nitrogens with one attached hydrogen (secondary N) is 1. The highest BCUT2D eigenvalue weighted by molar-refractivity contribution is 5.01. The molecule has 0 spiro atoms. The monoisotopic (exact) mass is 143 g/mol. The maximum absolute atomic E-state index is 5.28. The number of hydrogen-bond donors (Lipinski definition) is 2. The average Bonchev–Trinajstić information content (AvgIpc) is 1.81. The molecule has 0 aromatic rings. The van der Waals surface area contributed by atoms with E-state index in [4.69, 9.17) is 5.84 Å². The summed E-state index contributed by atoms with van der Waals surface area (Å²) in [6.07, 6.45) is 0. The summed E-state index contributed by atoms with van der Waals surface area (Å²) in [5, 5.41) is 0. The zero-order valence-corrected chi connectivity index (χ0v) is 7.02. The molecule has 1 atom stereocenters. The number of likely N-dealkylation sites (N-methyl/N-ethyl adjacent to an activating group) is 1. The molecule has 60 valence electrons. The molecule has 0 rings (SSSR count). The van der Waals surface area contributed by atoms with Crippen molar-refractivity contribution in [3.8, 4) is 0 Å². The first-order chi connectivity index (χ1) is 4.57. The van der Waals surface area contributed by atoms with Crippen molar-refractivity contribution in [3.05, 3.63) is 12.2 Å².